The molecule has 3 rings (SSSR count). The van der Waals surface area contributed by atoms with Crippen molar-refractivity contribution in [1.82, 2.24) is 10.2 Å². The van der Waals surface area contributed by atoms with Gasteiger partial charge in [-0.15, -0.1) is 12.4 Å². The van der Waals surface area contributed by atoms with Crippen molar-refractivity contribution in [2.24, 2.45) is 5.92 Å². The number of hydrogen-bond donors (Lipinski definition) is 1. The van der Waals surface area contributed by atoms with Crippen LogP contribution in [-0.2, 0) is 0 Å². The van der Waals surface area contributed by atoms with E-state index < -0.39 is 0 Å². The van der Waals surface area contributed by atoms with Gasteiger partial charge in [0.2, 0.25) is 0 Å². The molecule has 0 saturated carbocycles. The summed E-state index contributed by atoms with van der Waals surface area (Å²) in [5, 5.41) is 3.87. The molecule has 0 aromatic heterocycles. The van der Waals surface area contributed by atoms with Crippen molar-refractivity contribution in [2.45, 2.75) is 45.7 Å². The molecular formula is C24H35ClN2O. The lowest BCUT2D eigenvalue weighted by Gasteiger charge is -2.27. The molecule has 0 radical (unpaired) electrons. The van der Waals surface area contributed by atoms with Crippen LogP contribution in [0.25, 0.3) is 0 Å². The van der Waals surface area contributed by atoms with E-state index in [2.05, 4.69) is 85.6 Å². The van der Waals surface area contributed by atoms with E-state index in [9.17, 15) is 0 Å². The molecule has 1 aliphatic rings. The summed E-state index contributed by atoms with van der Waals surface area (Å²) >= 11 is 0. The summed E-state index contributed by atoms with van der Waals surface area (Å²) in [5.74, 6) is 1.48. The Morgan fingerprint density at radius 3 is 2.29 bits per heavy atom. The summed E-state index contributed by atoms with van der Waals surface area (Å²) in [5.41, 5.74) is 2.56. The number of benzene rings is 2. The van der Waals surface area contributed by atoms with Gasteiger partial charge in [0.05, 0.1) is 12.6 Å². The normalized spacial score (nSPS) is 16.6. The van der Waals surface area contributed by atoms with E-state index in [0.29, 0.717) is 12.0 Å². The maximum Gasteiger partial charge on any atom is 0.119 e. The molecule has 2 atom stereocenters. The number of likely N-dealkylation sites (tertiary alicyclic amines) is 1. The molecule has 4 heteroatoms. The molecule has 0 spiro atoms. The van der Waals surface area contributed by atoms with Gasteiger partial charge < -0.3 is 15.0 Å². The number of ether oxygens (including phenoxy) is 1. The van der Waals surface area contributed by atoms with Crippen molar-refractivity contribution in [2.75, 3.05) is 26.2 Å². The molecule has 1 fully saturated rings. The van der Waals surface area contributed by atoms with Gasteiger partial charge in [-0.05, 0) is 62.0 Å². The van der Waals surface area contributed by atoms with E-state index in [-0.39, 0.29) is 18.4 Å². The van der Waals surface area contributed by atoms with Crippen molar-refractivity contribution in [3.63, 3.8) is 0 Å². The molecule has 2 aromatic carbocycles. The Morgan fingerprint density at radius 1 is 0.929 bits per heavy atom. The first-order valence-electron chi connectivity index (χ1n) is 10.4. The Labute approximate surface area is 176 Å². The minimum Gasteiger partial charge on any atom is -0.493 e. The highest BCUT2D eigenvalue weighted by Gasteiger charge is 2.20. The highest BCUT2D eigenvalue weighted by Crippen LogP contribution is 2.26. The number of halogens is 1. The van der Waals surface area contributed by atoms with E-state index in [1.165, 1.54) is 37.1 Å². The van der Waals surface area contributed by atoms with E-state index in [1.54, 1.807) is 0 Å². The number of rotatable bonds is 9. The van der Waals surface area contributed by atoms with Gasteiger partial charge in [-0.3, -0.25) is 0 Å². The zero-order valence-corrected chi connectivity index (χ0v) is 18.3. The van der Waals surface area contributed by atoms with Crippen LogP contribution in [0.15, 0.2) is 54.6 Å². The van der Waals surface area contributed by atoms with Crippen molar-refractivity contribution in [3.8, 4) is 5.75 Å². The second-order valence-corrected chi connectivity index (χ2v) is 8.20. The van der Waals surface area contributed by atoms with Crippen LogP contribution < -0.4 is 10.1 Å². The second kappa shape index (κ2) is 11.5. The third-order valence-electron chi connectivity index (χ3n) is 5.09. The first kappa shape index (κ1) is 22.7. The highest BCUT2D eigenvalue weighted by molar-refractivity contribution is 5.85. The minimum atomic E-state index is 0. The highest BCUT2D eigenvalue weighted by atomic mass is 35.5. The third kappa shape index (κ3) is 6.80. The maximum absolute atomic E-state index is 5.97. The molecule has 1 aliphatic heterocycles. The van der Waals surface area contributed by atoms with Crippen molar-refractivity contribution in [3.05, 3.63) is 65.7 Å². The van der Waals surface area contributed by atoms with Crippen LogP contribution in [0.3, 0.4) is 0 Å². The van der Waals surface area contributed by atoms with E-state index in [4.69, 9.17) is 4.74 Å². The predicted octanol–water partition coefficient (Wildman–Crippen LogP) is 5.31. The Bertz CT molecular complexity index is 686. The fourth-order valence-corrected chi connectivity index (χ4v) is 3.77. The molecule has 3 nitrogen and oxygen atoms in total. The third-order valence-corrected chi connectivity index (χ3v) is 5.09. The molecule has 1 saturated heterocycles. The van der Waals surface area contributed by atoms with Gasteiger partial charge >= 0.3 is 0 Å². The summed E-state index contributed by atoms with van der Waals surface area (Å²) in [6.45, 7) is 11.0. The topological polar surface area (TPSA) is 24.5 Å². The Balaban J connectivity index is 0.00000280. The molecule has 1 N–H and O–H groups in total. The minimum absolute atomic E-state index is 0. The Kier molecular flexibility index (Phi) is 9.30. The largest absolute Gasteiger partial charge is 0.493 e. The predicted molar refractivity (Wildman–Crippen MR) is 121 cm³/mol. The van der Waals surface area contributed by atoms with Gasteiger partial charge in [-0.2, -0.15) is 0 Å². The van der Waals surface area contributed by atoms with Gasteiger partial charge in [0.25, 0.3) is 0 Å². The molecular weight excluding hydrogens is 368 g/mol. The molecule has 2 unspecified atom stereocenters. The van der Waals surface area contributed by atoms with Crippen molar-refractivity contribution >= 4 is 12.4 Å². The van der Waals surface area contributed by atoms with Crippen LogP contribution in [0.1, 0.15) is 50.8 Å². The smallest absolute Gasteiger partial charge is 0.119 e. The first-order valence-corrected chi connectivity index (χ1v) is 10.4. The average Bonchev–Trinajstić information content (AvgIpc) is 3.18. The molecule has 28 heavy (non-hydrogen) atoms. The lowest BCUT2D eigenvalue weighted by Crippen LogP contribution is -2.40. The van der Waals surface area contributed by atoms with Crippen LogP contribution >= 0.6 is 12.4 Å². The van der Waals surface area contributed by atoms with Crippen molar-refractivity contribution < 1.29 is 4.74 Å². The molecule has 154 valence electrons. The molecule has 0 bridgehead atoms. The van der Waals surface area contributed by atoms with Crippen LogP contribution in [0.5, 0.6) is 5.75 Å². The summed E-state index contributed by atoms with van der Waals surface area (Å²) in [6.07, 6.45) is 2.67. The molecule has 2 aromatic rings. The average molecular weight is 403 g/mol. The lowest BCUT2D eigenvalue weighted by molar-refractivity contribution is 0.270. The second-order valence-electron chi connectivity index (χ2n) is 8.20. The summed E-state index contributed by atoms with van der Waals surface area (Å²) in [6, 6.07) is 19.9. The quantitative estimate of drug-likeness (QED) is 0.615. The fourth-order valence-electron chi connectivity index (χ4n) is 3.77. The van der Waals surface area contributed by atoms with Gasteiger partial charge in [0.15, 0.2) is 0 Å². The monoisotopic (exact) mass is 402 g/mol. The standard InChI is InChI=1S/C24H34N2O.ClH/c1-19(2)18-27-23-13-9-12-22(16-23)24(21-10-5-4-6-11-21)25-20(3)17-26-14-7-8-15-26;/h4-6,9-13,16,19-20,24-25H,7-8,14-15,17-18H2,1-3H3;1H. The first-order chi connectivity index (χ1) is 13.1. The zero-order chi connectivity index (χ0) is 19.1. The van der Waals surface area contributed by atoms with Crippen LogP contribution in [0.2, 0.25) is 0 Å². The van der Waals surface area contributed by atoms with Crippen LogP contribution in [0, 0.1) is 5.92 Å². The number of nitrogens with one attached hydrogen (secondary N) is 1. The van der Waals surface area contributed by atoms with Gasteiger partial charge in [0, 0.05) is 12.6 Å². The van der Waals surface area contributed by atoms with Crippen LogP contribution in [0.4, 0.5) is 0 Å². The summed E-state index contributed by atoms with van der Waals surface area (Å²) in [7, 11) is 0. The van der Waals surface area contributed by atoms with Gasteiger partial charge in [-0.25, -0.2) is 0 Å². The SMILES string of the molecule is CC(C)COc1cccc(C(NC(C)CN2CCCC2)c2ccccc2)c1.Cl. The van der Waals surface area contributed by atoms with E-state index in [0.717, 1.165) is 18.9 Å². The van der Waals surface area contributed by atoms with E-state index in [1.807, 2.05) is 0 Å². The summed E-state index contributed by atoms with van der Waals surface area (Å²) < 4.78 is 5.97. The Hall–Kier alpha value is -1.55. The Morgan fingerprint density at radius 2 is 1.61 bits per heavy atom. The van der Waals surface area contributed by atoms with Gasteiger partial charge in [0.1, 0.15) is 5.75 Å². The van der Waals surface area contributed by atoms with Crippen LogP contribution in [-0.4, -0.2) is 37.2 Å². The molecule has 0 aliphatic carbocycles. The fraction of sp³-hybridized carbons (Fsp3) is 0.500. The maximum atomic E-state index is 5.97. The lowest BCUT2D eigenvalue weighted by atomic mass is 9.97. The van der Waals surface area contributed by atoms with Crippen molar-refractivity contribution in [1.29, 1.82) is 0 Å². The zero-order valence-electron chi connectivity index (χ0n) is 17.4. The molecule has 0 amide bonds. The summed E-state index contributed by atoms with van der Waals surface area (Å²) in [4.78, 5) is 2.57. The van der Waals surface area contributed by atoms with E-state index >= 15 is 0 Å². The number of nitrogens with zero attached hydrogens (tertiary/aromatic N) is 1. The van der Waals surface area contributed by atoms with Gasteiger partial charge in [-0.1, -0.05) is 56.3 Å². The molecule has 1 heterocycles. The number of hydrogen-bond acceptors (Lipinski definition) is 3.